The quantitative estimate of drug-likeness (QED) is 0.159. The second-order valence-electron chi connectivity index (χ2n) is 13.0. The number of esters is 1. The van der Waals surface area contributed by atoms with Gasteiger partial charge in [-0.1, -0.05) is 40.2 Å². The summed E-state index contributed by atoms with van der Waals surface area (Å²) in [7, 11) is 1.28. The molecular weight excluding hydrogens is 626 g/mol. The number of amides is 2. The number of hydrogen-bond donors (Lipinski definition) is 2. The molecule has 4 aliphatic carbocycles. The molecule has 3 aromatic rings. The highest BCUT2D eigenvalue weighted by atomic mass is 79.9. The molecule has 2 amide bonds. The normalized spacial score (nSPS) is 26.2. The number of ether oxygens (including phenoxy) is 1. The van der Waals surface area contributed by atoms with Gasteiger partial charge in [0.1, 0.15) is 17.3 Å². The second-order valence-corrected chi connectivity index (χ2v) is 14.7. The number of aromatic nitrogens is 1. The van der Waals surface area contributed by atoms with Crippen molar-refractivity contribution in [2.45, 2.75) is 75.2 Å². The van der Waals surface area contributed by atoms with Crippen LogP contribution in [0.2, 0.25) is 0 Å². The van der Waals surface area contributed by atoms with Gasteiger partial charge in [0.15, 0.2) is 5.76 Å². The summed E-state index contributed by atoms with van der Waals surface area (Å²) in [5, 5.41) is 6.39. The van der Waals surface area contributed by atoms with E-state index >= 15 is 0 Å². The van der Waals surface area contributed by atoms with Crippen LogP contribution in [0.4, 0.5) is 5.69 Å². The molecule has 9 nitrogen and oxygen atoms in total. The molecule has 3 atom stereocenters. The number of carbonyl (C=O) groups excluding carboxylic acids is 3. The van der Waals surface area contributed by atoms with Crippen molar-refractivity contribution in [2.24, 2.45) is 17.3 Å². The number of para-hydroxylation sites is 1. The Morgan fingerprint density at radius 3 is 2.59 bits per heavy atom. The van der Waals surface area contributed by atoms with Crippen LogP contribution in [0.15, 0.2) is 64.0 Å². The number of fused-ring (bicyclic) bond motifs is 1. The number of halogens is 1. The topological polar surface area (TPSA) is 120 Å². The van der Waals surface area contributed by atoms with Crippen LogP contribution in [0.1, 0.15) is 67.5 Å². The maximum atomic E-state index is 13.7. The highest BCUT2D eigenvalue weighted by molar-refractivity contribution is 9.10. The number of allylic oxidation sites excluding steroid dienone is 1. The van der Waals surface area contributed by atoms with E-state index in [1.165, 1.54) is 32.4 Å². The molecule has 4 fully saturated rings. The first-order chi connectivity index (χ1) is 21.1. The Morgan fingerprint density at radius 2 is 1.89 bits per heavy atom. The van der Waals surface area contributed by atoms with Crippen LogP contribution in [0.25, 0.3) is 11.0 Å². The molecule has 4 saturated carbocycles. The maximum absolute atomic E-state index is 13.7. The molecule has 232 valence electrons. The van der Waals surface area contributed by atoms with Crippen LogP contribution in [0, 0.1) is 24.2 Å². The monoisotopic (exact) mass is 663 g/mol. The zero-order valence-corrected chi connectivity index (χ0v) is 26.7. The Bertz CT molecular complexity index is 1680. The number of alkyl halides is 1. The van der Waals surface area contributed by atoms with Crippen LogP contribution in [0.5, 0.6) is 0 Å². The second kappa shape index (κ2) is 12.0. The average molecular weight is 665 g/mol. The molecule has 0 spiro atoms. The minimum atomic E-state index is -0.998. The Hall–Kier alpha value is -3.66. The van der Waals surface area contributed by atoms with Crippen molar-refractivity contribution in [3.05, 3.63) is 76.4 Å². The summed E-state index contributed by atoms with van der Waals surface area (Å²) in [6.45, 7) is 2.42. The zero-order chi connectivity index (χ0) is 31.1. The lowest BCUT2D eigenvalue weighted by atomic mass is 9.49. The summed E-state index contributed by atoms with van der Waals surface area (Å²) >= 11 is 4.06. The summed E-state index contributed by atoms with van der Waals surface area (Å²) in [6.07, 6.45) is 12.2. The van der Waals surface area contributed by atoms with Crippen LogP contribution in [0.3, 0.4) is 0 Å². The number of nitrogens with one attached hydrogen (secondary N) is 2. The van der Waals surface area contributed by atoms with E-state index in [9.17, 15) is 19.2 Å². The fourth-order valence-corrected chi connectivity index (χ4v) is 9.76. The van der Waals surface area contributed by atoms with Gasteiger partial charge in [-0.25, -0.2) is 4.79 Å². The SMILES string of the molecule is COC(=O)/C=C/CCC(NC(=O)c1oc2ccccc2c1C)C(=O)Nc1cccn(CC23CC4CC(CC(Br)(C4)C2)C3)c1=O. The largest absolute Gasteiger partial charge is 0.466 e. The first-order valence-corrected chi connectivity index (χ1v) is 16.1. The molecule has 1 aromatic carbocycles. The molecule has 0 aliphatic heterocycles. The molecule has 3 unspecified atom stereocenters. The third-order valence-electron chi connectivity index (χ3n) is 9.64. The van der Waals surface area contributed by atoms with Gasteiger partial charge in [0.2, 0.25) is 5.91 Å². The molecule has 2 N–H and O–H groups in total. The van der Waals surface area contributed by atoms with E-state index in [1.807, 2.05) is 18.2 Å². The van der Waals surface area contributed by atoms with Crippen LogP contribution in [-0.4, -0.2) is 39.8 Å². The summed E-state index contributed by atoms with van der Waals surface area (Å²) in [6, 6.07) is 9.72. The third kappa shape index (κ3) is 6.14. The van der Waals surface area contributed by atoms with Crippen molar-refractivity contribution in [1.82, 2.24) is 9.88 Å². The van der Waals surface area contributed by atoms with E-state index in [1.54, 1.807) is 42.0 Å². The number of nitrogens with zero attached hydrogens (tertiary/aromatic N) is 1. The van der Waals surface area contributed by atoms with Gasteiger partial charge < -0.3 is 24.4 Å². The molecule has 4 bridgehead atoms. The fraction of sp³-hybridized carbons (Fsp3) is 0.471. The molecule has 4 aliphatic rings. The van der Waals surface area contributed by atoms with E-state index < -0.39 is 23.8 Å². The number of furan rings is 1. The van der Waals surface area contributed by atoms with Crippen LogP contribution in [-0.2, 0) is 20.9 Å². The Morgan fingerprint density at radius 1 is 1.14 bits per heavy atom. The number of anilines is 1. The predicted octanol–water partition coefficient (Wildman–Crippen LogP) is 5.88. The van der Waals surface area contributed by atoms with Gasteiger partial charge in [0, 0.05) is 34.1 Å². The van der Waals surface area contributed by atoms with Crippen LogP contribution < -0.4 is 16.2 Å². The van der Waals surface area contributed by atoms with Gasteiger partial charge in [-0.3, -0.25) is 14.4 Å². The van der Waals surface area contributed by atoms with Crippen molar-refractivity contribution in [2.75, 3.05) is 12.4 Å². The third-order valence-corrected chi connectivity index (χ3v) is 10.6. The first-order valence-electron chi connectivity index (χ1n) is 15.3. The van der Waals surface area contributed by atoms with Crippen molar-refractivity contribution >= 4 is 50.4 Å². The number of pyridine rings is 1. The summed E-state index contributed by atoms with van der Waals surface area (Å²) < 4.78 is 12.4. The lowest BCUT2D eigenvalue weighted by molar-refractivity contribution is -0.134. The van der Waals surface area contributed by atoms with Crippen molar-refractivity contribution in [3.8, 4) is 0 Å². The minimum absolute atomic E-state index is 0.0764. The molecule has 44 heavy (non-hydrogen) atoms. The van der Waals surface area contributed by atoms with Crippen molar-refractivity contribution in [3.63, 3.8) is 0 Å². The number of carbonyl (C=O) groups is 3. The highest BCUT2D eigenvalue weighted by Crippen LogP contribution is 2.64. The zero-order valence-electron chi connectivity index (χ0n) is 25.1. The minimum Gasteiger partial charge on any atom is -0.466 e. The van der Waals surface area contributed by atoms with E-state index in [0.717, 1.165) is 24.6 Å². The lowest BCUT2D eigenvalue weighted by Crippen LogP contribution is -2.54. The van der Waals surface area contributed by atoms with Gasteiger partial charge in [0.25, 0.3) is 11.5 Å². The predicted molar refractivity (Wildman–Crippen MR) is 171 cm³/mol. The van der Waals surface area contributed by atoms with Gasteiger partial charge in [-0.15, -0.1) is 0 Å². The van der Waals surface area contributed by atoms with Gasteiger partial charge in [0.05, 0.1) is 7.11 Å². The summed E-state index contributed by atoms with van der Waals surface area (Å²) in [5.41, 5.74) is 1.23. The molecule has 0 radical (unpaired) electrons. The van der Waals surface area contributed by atoms with Gasteiger partial charge in [-0.2, -0.15) is 0 Å². The number of methoxy groups -OCH3 is 1. The van der Waals surface area contributed by atoms with E-state index in [-0.39, 0.29) is 33.2 Å². The molecule has 2 aromatic heterocycles. The summed E-state index contributed by atoms with van der Waals surface area (Å²) in [4.78, 5) is 52.1. The summed E-state index contributed by atoms with van der Waals surface area (Å²) in [5.74, 6) is -0.0576. The Kier molecular flexibility index (Phi) is 8.30. The number of hydrogen-bond acceptors (Lipinski definition) is 6. The smallest absolute Gasteiger partial charge is 0.330 e. The maximum Gasteiger partial charge on any atom is 0.330 e. The lowest BCUT2D eigenvalue weighted by Gasteiger charge is -2.60. The molecule has 7 rings (SSSR count). The van der Waals surface area contributed by atoms with E-state index in [0.29, 0.717) is 35.9 Å². The fourth-order valence-electron chi connectivity index (χ4n) is 8.25. The average Bonchev–Trinajstić information content (AvgIpc) is 3.31. The molecular formula is C34H38BrN3O6. The van der Waals surface area contributed by atoms with E-state index in [2.05, 4.69) is 31.3 Å². The number of aryl methyl sites for hydroxylation is 1. The van der Waals surface area contributed by atoms with Crippen molar-refractivity contribution < 1.29 is 23.5 Å². The van der Waals surface area contributed by atoms with Crippen molar-refractivity contribution in [1.29, 1.82) is 0 Å². The highest BCUT2D eigenvalue weighted by Gasteiger charge is 2.56. The Labute approximate surface area is 264 Å². The Balaban J connectivity index is 1.20. The van der Waals surface area contributed by atoms with Gasteiger partial charge in [-0.05, 0) is 93.7 Å². The molecule has 0 saturated heterocycles. The van der Waals surface area contributed by atoms with Gasteiger partial charge >= 0.3 is 5.97 Å². The molecule has 10 heteroatoms. The first kappa shape index (κ1) is 30.4. The number of rotatable bonds is 10. The molecule has 2 heterocycles. The van der Waals surface area contributed by atoms with Crippen LogP contribution >= 0.6 is 15.9 Å². The standard InChI is InChI=1S/C34H38BrN3O6/c1-21-24-8-3-5-11-27(24)44-29(21)31(41)36-25(9-4-6-12-28(39)43-2)30(40)37-26-10-7-13-38(32(26)42)20-33-15-22-14-23(16-33)18-34(35,17-22)19-33/h3,5-8,10-13,22-23,25H,4,9,14-20H2,1-2H3,(H,36,41)(H,37,40)/b12-6+. The number of benzene rings is 1. The van der Waals surface area contributed by atoms with E-state index in [4.69, 9.17) is 4.42 Å².